The molecule has 1 saturated heterocycles. The third-order valence-corrected chi connectivity index (χ3v) is 4.54. The predicted molar refractivity (Wildman–Crippen MR) is 97.6 cm³/mol. The lowest BCUT2D eigenvalue weighted by Gasteiger charge is -2.29. The third kappa shape index (κ3) is 4.82. The van der Waals surface area contributed by atoms with E-state index in [4.69, 9.17) is 4.74 Å². The molecule has 1 N–H and O–H groups in total. The fourth-order valence-corrected chi connectivity index (χ4v) is 3.11. The maximum Gasteiger partial charge on any atom is 0.323 e. The van der Waals surface area contributed by atoms with Gasteiger partial charge in [-0.25, -0.2) is 13.9 Å². The van der Waals surface area contributed by atoms with E-state index in [0.29, 0.717) is 25.5 Å². The Kier molecular flexibility index (Phi) is 6.22. The summed E-state index contributed by atoms with van der Waals surface area (Å²) in [6.07, 6.45) is 4.95. The summed E-state index contributed by atoms with van der Waals surface area (Å²) in [5.74, 6) is 0.298. The highest BCUT2D eigenvalue weighted by Gasteiger charge is 2.21. The number of amides is 2. The van der Waals surface area contributed by atoms with Gasteiger partial charge in [-0.1, -0.05) is 12.1 Å². The van der Waals surface area contributed by atoms with E-state index in [1.165, 1.54) is 12.1 Å². The minimum Gasteiger partial charge on any atom is -0.376 e. The van der Waals surface area contributed by atoms with Crippen LogP contribution in [0.3, 0.4) is 0 Å². The lowest BCUT2D eigenvalue weighted by Crippen LogP contribution is -2.42. The number of ether oxygens (including phenoxy) is 1. The number of aromatic nitrogens is 2. The first-order valence-corrected chi connectivity index (χ1v) is 9.09. The number of hydrogen-bond acceptors (Lipinski definition) is 3. The van der Waals surface area contributed by atoms with Gasteiger partial charge in [0.2, 0.25) is 0 Å². The van der Waals surface area contributed by atoms with Crippen molar-refractivity contribution in [1.82, 2.24) is 14.7 Å². The number of carbonyl (C=O) groups is 1. The zero-order chi connectivity index (χ0) is 18.4. The van der Waals surface area contributed by atoms with Crippen molar-refractivity contribution in [3.63, 3.8) is 0 Å². The lowest BCUT2D eigenvalue weighted by atomic mass is 10.1. The molecule has 0 radical (unpaired) electrons. The quantitative estimate of drug-likeness (QED) is 0.858. The van der Waals surface area contributed by atoms with Gasteiger partial charge in [0.05, 0.1) is 18.8 Å². The van der Waals surface area contributed by atoms with Gasteiger partial charge in [0, 0.05) is 25.8 Å². The second-order valence-electron chi connectivity index (χ2n) is 6.46. The Morgan fingerprint density at radius 3 is 3.04 bits per heavy atom. The molecule has 26 heavy (non-hydrogen) atoms. The van der Waals surface area contributed by atoms with Crippen LogP contribution < -0.4 is 5.32 Å². The summed E-state index contributed by atoms with van der Waals surface area (Å²) in [4.78, 5) is 14.4. The molecule has 7 heteroatoms. The number of likely N-dealkylation sites (N-methyl/N-ethyl adjacent to an activating group) is 1. The van der Waals surface area contributed by atoms with Gasteiger partial charge in [-0.15, -0.1) is 0 Å². The summed E-state index contributed by atoms with van der Waals surface area (Å²) in [7, 11) is 0. The Hall–Kier alpha value is -2.41. The topological polar surface area (TPSA) is 59.4 Å². The summed E-state index contributed by atoms with van der Waals surface area (Å²) in [5.41, 5.74) is 0.784. The van der Waals surface area contributed by atoms with Crippen LogP contribution in [0.4, 0.5) is 15.0 Å². The van der Waals surface area contributed by atoms with E-state index in [1.54, 1.807) is 27.9 Å². The third-order valence-electron chi connectivity index (χ3n) is 4.54. The van der Waals surface area contributed by atoms with E-state index >= 15 is 0 Å². The van der Waals surface area contributed by atoms with Crippen molar-refractivity contribution in [2.75, 3.05) is 25.0 Å². The van der Waals surface area contributed by atoms with Crippen LogP contribution in [0.25, 0.3) is 0 Å². The molecule has 0 spiro atoms. The SMILES string of the molecule is CCN(C[C@H]1CCCCO1)C(=O)Nc1ccnn1Cc1cccc(F)c1. The van der Waals surface area contributed by atoms with Crippen molar-refractivity contribution < 1.29 is 13.9 Å². The second-order valence-corrected chi connectivity index (χ2v) is 6.46. The Labute approximate surface area is 152 Å². The largest absolute Gasteiger partial charge is 0.376 e. The molecule has 1 fully saturated rings. The van der Waals surface area contributed by atoms with Crippen LogP contribution in [-0.2, 0) is 11.3 Å². The molecule has 1 aromatic carbocycles. The molecule has 3 rings (SSSR count). The summed E-state index contributed by atoms with van der Waals surface area (Å²) >= 11 is 0. The number of nitrogens with zero attached hydrogens (tertiary/aromatic N) is 3. The van der Waals surface area contributed by atoms with E-state index in [2.05, 4.69) is 10.4 Å². The molecule has 1 atom stereocenters. The Balaban J connectivity index is 1.62. The van der Waals surface area contributed by atoms with Crippen LogP contribution in [-0.4, -0.2) is 46.5 Å². The van der Waals surface area contributed by atoms with Crippen molar-refractivity contribution in [1.29, 1.82) is 0 Å². The van der Waals surface area contributed by atoms with Crippen molar-refractivity contribution in [3.05, 3.63) is 47.9 Å². The van der Waals surface area contributed by atoms with Gasteiger partial charge < -0.3 is 9.64 Å². The minimum atomic E-state index is -0.287. The highest BCUT2D eigenvalue weighted by Crippen LogP contribution is 2.16. The number of rotatable bonds is 6. The summed E-state index contributed by atoms with van der Waals surface area (Å²) in [6.45, 7) is 4.29. The maximum absolute atomic E-state index is 13.4. The molecule has 0 unspecified atom stereocenters. The summed E-state index contributed by atoms with van der Waals surface area (Å²) in [5, 5.41) is 7.14. The number of urea groups is 1. The molecule has 140 valence electrons. The molecule has 1 aliphatic rings. The molecule has 1 aromatic heterocycles. The van der Waals surface area contributed by atoms with Crippen molar-refractivity contribution in [2.24, 2.45) is 0 Å². The van der Waals surface area contributed by atoms with Crippen LogP contribution in [0.5, 0.6) is 0 Å². The van der Waals surface area contributed by atoms with Crippen LogP contribution in [0.15, 0.2) is 36.5 Å². The fourth-order valence-electron chi connectivity index (χ4n) is 3.11. The number of anilines is 1. The minimum absolute atomic E-state index is 0.103. The van der Waals surface area contributed by atoms with Crippen LogP contribution in [0.2, 0.25) is 0 Å². The monoisotopic (exact) mass is 360 g/mol. The lowest BCUT2D eigenvalue weighted by molar-refractivity contribution is 0.00220. The van der Waals surface area contributed by atoms with Gasteiger partial charge in [-0.3, -0.25) is 5.32 Å². The van der Waals surface area contributed by atoms with E-state index < -0.39 is 0 Å². The molecule has 0 aliphatic carbocycles. The second kappa shape index (κ2) is 8.80. The van der Waals surface area contributed by atoms with Crippen LogP contribution >= 0.6 is 0 Å². The van der Waals surface area contributed by atoms with Gasteiger partial charge in [0.25, 0.3) is 0 Å². The first-order chi connectivity index (χ1) is 12.7. The molecule has 2 aromatic rings. The number of hydrogen-bond donors (Lipinski definition) is 1. The smallest absolute Gasteiger partial charge is 0.323 e. The Bertz CT molecular complexity index is 728. The highest BCUT2D eigenvalue weighted by atomic mass is 19.1. The number of halogens is 1. The van der Waals surface area contributed by atoms with E-state index in [0.717, 1.165) is 31.4 Å². The number of benzene rings is 1. The molecular weight excluding hydrogens is 335 g/mol. The fraction of sp³-hybridized carbons (Fsp3) is 0.474. The molecule has 0 bridgehead atoms. The number of nitrogens with one attached hydrogen (secondary N) is 1. The van der Waals surface area contributed by atoms with Crippen LogP contribution in [0, 0.1) is 5.82 Å². The van der Waals surface area contributed by atoms with E-state index in [-0.39, 0.29) is 18.0 Å². The van der Waals surface area contributed by atoms with Gasteiger partial charge >= 0.3 is 6.03 Å². The first-order valence-electron chi connectivity index (χ1n) is 9.09. The standard InChI is InChI=1S/C19H25FN4O2/c1-2-23(14-17-8-3-4-11-26-17)19(25)22-18-9-10-21-24(18)13-15-6-5-7-16(20)12-15/h5-7,9-10,12,17H,2-4,8,11,13-14H2,1H3,(H,22,25)/t17-/m1/s1. The van der Waals surface area contributed by atoms with Gasteiger partial charge in [0.15, 0.2) is 0 Å². The Morgan fingerprint density at radius 1 is 1.42 bits per heavy atom. The van der Waals surface area contributed by atoms with Crippen LogP contribution in [0.1, 0.15) is 31.7 Å². The predicted octanol–water partition coefficient (Wildman–Crippen LogP) is 3.49. The normalized spacial score (nSPS) is 17.1. The summed E-state index contributed by atoms with van der Waals surface area (Å²) in [6, 6.07) is 7.92. The number of carbonyl (C=O) groups excluding carboxylic acids is 1. The first kappa shape index (κ1) is 18.4. The van der Waals surface area contributed by atoms with Crippen molar-refractivity contribution in [3.8, 4) is 0 Å². The molecule has 0 saturated carbocycles. The maximum atomic E-state index is 13.4. The van der Waals surface area contributed by atoms with Gasteiger partial charge in [-0.05, 0) is 43.9 Å². The average molecular weight is 360 g/mol. The molecule has 1 aliphatic heterocycles. The molecule has 2 heterocycles. The van der Waals surface area contributed by atoms with Gasteiger partial charge in [-0.2, -0.15) is 5.10 Å². The van der Waals surface area contributed by atoms with Crippen molar-refractivity contribution >= 4 is 11.8 Å². The van der Waals surface area contributed by atoms with E-state index in [1.807, 2.05) is 13.0 Å². The molecule has 2 amide bonds. The van der Waals surface area contributed by atoms with Gasteiger partial charge in [0.1, 0.15) is 11.6 Å². The zero-order valence-electron chi connectivity index (χ0n) is 15.0. The average Bonchev–Trinajstić information content (AvgIpc) is 3.07. The zero-order valence-corrected chi connectivity index (χ0v) is 15.0. The molecule has 6 nitrogen and oxygen atoms in total. The van der Waals surface area contributed by atoms with E-state index in [9.17, 15) is 9.18 Å². The van der Waals surface area contributed by atoms with Crippen molar-refractivity contribution in [2.45, 2.75) is 38.8 Å². The highest BCUT2D eigenvalue weighted by molar-refractivity contribution is 5.88. The summed E-state index contributed by atoms with van der Waals surface area (Å²) < 4.78 is 20.7. The molecular formula is C19H25FN4O2. The Morgan fingerprint density at radius 2 is 2.31 bits per heavy atom.